The van der Waals surface area contributed by atoms with Crippen molar-refractivity contribution in [3.8, 4) is 0 Å². The van der Waals surface area contributed by atoms with Crippen molar-refractivity contribution in [3.63, 3.8) is 0 Å². The maximum absolute atomic E-state index is 5.40. The first-order valence-electron chi connectivity index (χ1n) is 5.35. The lowest BCUT2D eigenvalue weighted by molar-refractivity contribution is 0.128. The summed E-state index contributed by atoms with van der Waals surface area (Å²) in [5, 5.41) is 0. The maximum Gasteiger partial charge on any atom is 0.0166 e. The van der Waals surface area contributed by atoms with E-state index in [2.05, 4.69) is 24.8 Å². The molecular weight excluding hydrogens is 160 g/mol. The molecule has 1 rings (SSSR count). The van der Waals surface area contributed by atoms with Gasteiger partial charge in [-0.3, -0.25) is 4.90 Å². The van der Waals surface area contributed by atoms with Crippen molar-refractivity contribution in [3.05, 3.63) is 12.2 Å². The molecule has 2 unspecified atom stereocenters. The summed E-state index contributed by atoms with van der Waals surface area (Å²) in [6.45, 7) is 7.67. The van der Waals surface area contributed by atoms with E-state index in [1.54, 1.807) is 0 Å². The number of hydrogen-bond acceptors (Lipinski definition) is 2. The zero-order chi connectivity index (χ0) is 9.68. The molecule has 1 aliphatic heterocycles. The lowest BCUT2D eigenvalue weighted by atomic mass is 9.92. The van der Waals surface area contributed by atoms with Crippen LogP contribution in [0.4, 0.5) is 0 Å². The van der Waals surface area contributed by atoms with Crippen LogP contribution in [0, 0.1) is 5.92 Å². The van der Waals surface area contributed by atoms with Gasteiger partial charge in [-0.1, -0.05) is 19.1 Å². The molecule has 0 bridgehead atoms. The Balaban J connectivity index is 2.35. The second-order valence-corrected chi connectivity index (χ2v) is 4.06. The van der Waals surface area contributed by atoms with Gasteiger partial charge in [-0.05, 0) is 32.2 Å². The predicted octanol–water partition coefficient (Wildman–Crippen LogP) is 1.62. The molecule has 1 saturated heterocycles. The Morgan fingerprint density at radius 1 is 1.38 bits per heavy atom. The van der Waals surface area contributed by atoms with Gasteiger partial charge < -0.3 is 5.73 Å². The van der Waals surface area contributed by atoms with Crippen LogP contribution >= 0.6 is 0 Å². The molecule has 0 aromatic carbocycles. The number of likely N-dealkylation sites (tertiary alicyclic amines) is 1. The SMILES string of the molecule is CC1CCCN(CC=CCN)C1C. The van der Waals surface area contributed by atoms with E-state index < -0.39 is 0 Å². The minimum Gasteiger partial charge on any atom is -0.327 e. The van der Waals surface area contributed by atoms with E-state index in [1.807, 2.05) is 6.08 Å². The van der Waals surface area contributed by atoms with Crippen LogP contribution in [0.3, 0.4) is 0 Å². The van der Waals surface area contributed by atoms with Crippen molar-refractivity contribution >= 4 is 0 Å². The first-order chi connectivity index (χ1) is 6.25. The van der Waals surface area contributed by atoms with Crippen LogP contribution in [0.5, 0.6) is 0 Å². The molecule has 1 heterocycles. The van der Waals surface area contributed by atoms with Gasteiger partial charge in [-0.15, -0.1) is 0 Å². The van der Waals surface area contributed by atoms with E-state index >= 15 is 0 Å². The molecule has 76 valence electrons. The Labute approximate surface area is 81.8 Å². The molecule has 2 nitrogen and oxygen atoms in total. The van der Waals surface area contributed by atoms with E-state index in [0.717, 1.165) is 18.5 Å². The molecule has 13 heavy (non-hydrogen) atoms. The van der Waals surface area contributed by atoms with E-state index in [1.165, 1.54) is 19.4 Å². The van der Waals surface area contributed by atoms with Gasteiger partial charge >= 0.3 is 0 Å². The summed E-state index contributed by atoms with van der Waals surface area (Å²) in [6.07, 6.45) is 6.97. The zero-order valence-corrected chi connectivity index (χ0v) is 8.87. The molecule has 0 saturated carbocycles. The van der Waals surface area contributed by atoms with Gasteiger partial charge in [0.05, 0.1) is 0 Å². The first-order valence-corrected chi connectivity index (χ1v) is 5.35. The Hall–Kier alpha value is -0.340. The molecule has 0 amide bonds. The highest BCUT2D eigenvalue weighted by Crippen LogP contribution is 2.22. The van der Waals surface area contributed by atoms with Gasteiger partial charge in [0.2, 0.25) is 0 Å². The molecule has 0 aromatic heterocycles. The fourth-order valence-corrected chi connectivity index (χ4v) is 1.98. The summed E-state index contributed by atoms with van der Waals surface area (Å²) in [7, 11) is 0. The van der Waals surface area contributed by atoms with Crippen LogP contribution in [0.2, 0.25) is 0 Å². The molecule has 0 radical (unpaired) electrons. The average Bonchev–Trinajstić information content (AvgIpc) is 2.13. The first kappa shape index (κ1) is 10.7. The standard InChI is InChI=1S/C11H22N2/c1-10-6-5-9-13(11(10)2)8-4-3-7-12/h3-4,10-11H,5-9,12H2,1-2H3. The maximum atomic E-state index is 5.40. The molecular formula is C11H22N2. The van der Waals surface area contributed by atoms with Crippen LogP contribution in [0.25, 0.3) is 0 Å². The summed E-state index contributed by atoms with van der Waals surface area (Å²) < 4.78 is 0. The van der Waals surface area contributed by atoms with Crippen LogP contribution in [0.15, 0.2) is 12.2 Å². The molecule has 2 atom stereocenters. The van der Waals surface area contributed by atoms with Crippen molar-refractivity contribution in [1.29, 1.82) is 0 Å². The van der Waals surface area contributed by atoms with Gasteiger partial charge in [0.25, 0.3) is 0 Å². The molecule has 1 aliphatic rings. The van der Waals surface area contributed by atoms with Gasteiger partial charge in [0.1, 0.15) is 0 Å². The van der Waals surface area contributed by atoms with Gasteiger partial charge in [-0.25, -0.2) is 0 Å². The Kier molecular flexibility index (Phi) is 4.46. The number of rotatable bonds is 3. The third kappa shape index (κ3) is 3.12. The quantitative estimate of drug-likeness (QED) is 0.672. The summed E-state index contributed by atoms with van der Waals surface area (Å²) in [4.78, 5) is 2.54. The Bertz CT molecular complexity index is 165. The van der Waals surface area contributed by atoms with Crippen molar-refractivity contribution in [1.82, 2.24) is 4.90 Å². The Morgan fingerprint density at radius 2 is 2.15 bits per heavy atom. The topological polar surface area (TPSA) is 29.3 Å². The minimum atomic E-state index is 0.664. The second kappa shape index (κ2) is 5.40. The van der Waals surface area contributed by atoms with Crippen LogP contribution in [0.1, 0.15) is 26.7 Å². The molecule has 2 heteroatoms. The fraction of sp³-hybridized carbons (Fsp3) is 0.818. The lowest BCUT2D eigenvalue weighted by Crippen LogP contribution is -2.42. The van der Waals surface area contributed by atoms with Gasteiger partial charge in [0, 0.05) is 19.1 Å². The Morgan fingerprint density at radius 3 is 2.85 bits per heavy atom. The van der Waals surface area contributed by atoms with Gasteiger partial charge in [0.15, 0.2) is 0 Å². The molecule has 1 fully saturated rings. The third-order valence-electron chi connectivity index (χ3n) is 3.15. The number of piperidine rings is 1. The lowest BCUT2D eigenvalue weighted by Gasteiger charge is -2.37. The molecule has 0 aliphatic carbocycles. The number of hydrogen-bond donors (Lipinski definition) is 1. The van der Waals surface area contributed by atoms with E-state index in [0.29, 0.717) is 6.54 Å². The average molecular weight is 182 g/mol. The molecule has 0 aromatic rings. The monoisotopic (exact) mass is 182 g/mol. The predicted molar refractivity (Wildman–Crippen MR) is 57.6 cm³/mol. The highest BCUT2D eigenvalue weighted by Gasteiger charge is 2.23. The highest BCUT2D eigenvalue weighted by molar-refractivity contribution is 4.89. The van der Waals surface area contributed by atoms with E-state index in [4.69, 9.17) is 5.73 Å². The molecule has 2 N–H and O–H groups in total. The third-order valence-corrected chi connectivity index (χ3v) is 3.15. The summed E-state index contributed by atoms with van der Waals surface area (Å²) in [6, 6.07) is 0.733. The fourth-order valence-electron chi connectivity index (χ4n) is 1.98. The van der Waals surface area contributed by atoms with Crippen molar-refractivity contribution in [2.75, 3.05) is 19.6 Å². The zero-order valence-electron chi connectivity index (χ0n) is 8.87. The van der Waals surface area contributed by atoms with Crippen molar-refractivity contribution < 1.29 is 0 Å². The summed E-state index contributed by atoms with van der Waals surface area (Å²) in [5.41, 5.74) is 5.40. The van der Waals surface area contributed by atoms with Crippen molar-refractivity contribution in [2.45, 2.75) is 32.7 Å². The van der Waals surface area contributed by atoms with Crippen LogP contribution < -0.4 is 5.73 Å². The van der Waals surface area contributed by atoms with E-state index in [-0.39, 0.29) is 0 Å². The summed E-state index contributed by atoms with van der Waals surface area (Å²) in [5.74, 6) is 0.847. The minimum absolute atomic E-state index is 0.664. The van der Waals surface area contributed by atoms with Gasteiger partial charge in [-0.2, -0.15) is 0 Å². The largest absolute Gasteiger partial charge is 0.327 e. The molecule has 0 spiro atoms. The second-order valence-electron chi connectivity index (χ2n) is 4.06. The van der Waals surface area contributed by atoms with Crippen LogP contribution in [-0.4, -0.2) is 30.6 Å². The number of nitrogens with zero attached hydrogens (tertiary/aromatic N) is 1. The van der Waals surface area contributed by atoms with Crippen LogP contribution in [-0.2, 0) is 0 Å². The summed E-state index contributed by atoms with van der Waals surface area (Å²) >= 11 is 0. The van der Waals surface area contributed by atoms with E-state index in [9.17, 15) is 0 Å². The number of nitrogens with two attached hydrogens (primary N) is 1. The van der Waals surface area contributed by atoms with Crippen molar-refractivity contribution in [2.24, 2.45) is 11.7 Å². The normalized spacial score (nSPS) is 31.3. The highest BCUT2D eigenvalue weighted by atomic mass is 15.2. The smallest absolute Gasteiger partial charge is 0.0166 e.